The molecule has 0 fully saturated rings. The Bertz CT molecular complexity index is 2530. The van der Waals surface area contributed by atoms with Crippen molar-refractivity contribution in [2.75, 3.05) is 0 Å². The van der Waals surface area contributed by atoms with Gasteiger partial charge >= 0.3 is 0 Å². The fourth-order valence-electron chi connectivity index (χ4n) is 6.85. The second-order valence-corrected chi connectivity index (χ2v) is 11.4. The highest BCUT2D eigenvalue weighted by atomic mass is 14.8. The van der Waals surface area contributed by atoms with Crippen molar-refractivity contribution in [1.29, 1.82) is 0 Å². The first-order chi connectivity index (χ1) is 21.8. The van der Waals surface area contributed by atoms with Gasteiger partial charge in [0.25, 0.3) is 0 Å². The van der Waals surface area contributed by atoms with Crippen molar-refractivity contribution >= 4 is 54.1 Å². The van der Waals surface area contributed by atoms with Crippen molar-refractivity contribution in [3.05, 3.63) is 158 Å². The number of hydrogen-bond donors (Lipinski definition) is 0. The van der Waals surface area contributed by atoms with Gasteiger partial charge in [-0.3, -0.25) is 9.97 Å². The Labute approximate surface area is 254 Å². The minimum atomic E-state index is 0.944. The van der Waals surface area contributed by atoms with E-state index in [4.69, 9.17) is 4.98 Å². The van der Waals surface area contributed by atoms with Crippen LogP contribution in [0.4, 0.5) is 0 Å². The van der Waals surface area contributed by atoms with Crippen LogP contribution in [-0.4, -0.2) is 9.97 Å². The monoisotopic (exact) mass is 558 g/mol. The van der Waals surface area contributed by atoms with Gasteiger partial charge in [0.2, 0.25) is 0 Å². The van der Waals surface area contributed by atoms with Crippen molar-refractivity contribution in [2.45, 2.75) is 0 Å². The second-order valence-electron chi connectivity index (χ2n) is 11.4. The zero-order chi connectivity index (χ0) is 29.0. The molecule has 2 nitrogen and oxygen atoms in total. The van der Waals surface area contributed by atoms with E-state index in [-0.39, 0.29) is 0 Å². The number of fused-ring (bicyclic) bond motifs is 9. The van der Waals surface area contributed by atoms with E-state index in [1.807, 2.05) is 0 Å². The van der Waals surface area contributed by atoms with Crippen LogP contribution in [0.1, 0.15) is 0 Å². The fourth-order valence-corrected chi connectivity index (χ4v) is 6.85. The number of benzene rings is 8. The molecule has 0 amide bonds. The zero-order valence-electron chi connectivity index (χ0n) is 23.9. The standard InChI is InChI=1S/C42H26N2/c1-2-14-33-32(9-1)26-39(35-16-4-3-15-34(33)35)31-13-8-12-29(24-31)27-10-7-11-28(23-27)30-19-20-38-40(25-30)36-17-5-6-18-37(36)41-42(38)44-22-21-43-41/h1-26H. The number of rotatable bonds is 3. The molecular formula is C42H26N2. The van der Waals surface area contributed by atoms with Gasteiger partial charge in [0.15, 0.2) is 0 Å². The molecule has 9 rings (SSSR count). The Morgan fingerprint density at radius 2 is 0.795 bits per heavy atom. The van der Waals surface area contributed by atoms with Crippen LogP contribution < -0.4 is 0 Å². The Balaban J connectivity index is 1.18. The van der Waals surface area contributed by atoms with Crippen LogP contribution in [0, 0.1) is 0 Å². The number of aromatic nitrogens is 2. The summed E-state index contributed by atoms with van der Waals surface area (Å²) < 4.78 is 0. The molecule has 0 bridgehead atoms. The molecule has 0 aliphatic carbocycles. The van der Waals surface area contributed by atoms with Crippen LogP contribution in [0.15, 0.2) is 158 Å². The van der Waals surface area contributed by atoms with Crippen molar-refractivity contribution in [1.82, 2.24) is 9.97 Å². The van der Waals surface area contributed by atoms with Crippen molar-refractivity contribution in [2.24, 2.45) is 0 Å². The van der Waals surface area contributed by atoms with Crippen LogP contribution in [0.5, 0.6) is 0 Å². The minimum absolute atomic E-state index is 0.944. The van der Waals surface area contributed by atoms with E-state index in [2.05, 4.69) is 151 Å². The van der Waals surface area contributed by atoms with Crippen LogP contribution in [-0.2, 0) is 0 Å². The van der Waals surface area contributed by atoms with Crippen LogP contribution >= 0.6 is 0 Å². The maximum atomic E-state index is 4.72. The Morgan fingerprint density at radius 3 is 1.50 bits per heavy atom. The summed E-state index contributed by atoms with van der Waals surface area (Å²) in [4.78, 5) is 9.41. The second kappa shape index (κ2) is 9.86. The maximum absolute atomic E-state index is 4.72. The highest BCUT2D eigenvalue weighted by Crippen LogP contribution is 2.38. The minimum Gasteiger partial charge on any atom is -0.252 e. The SMILES string of the molecule is c1cc(-c2cccc(-c3cc4ccccc4c4ccccc34)c2)cc(-c2ccc3c(c2)c2ccccc2c2nccnc32)c1. The largest absolute Gasteiger partial charge is 0.252 e. The molecule has 0 saturated carbocycles. The molecule has 9 aromatic rings. The average Bonchev–Trinajstić information content (AvgIpc) is 3.11. The molecule has 1 heterocycles. The maximum Gasteiger partial charge on any atom is 0.0971 e. The molecule has 0 radical (unpaired) electrons. The molecule has 0 saturated heterocycles. The van der Waals surface area contributed by atoms with Gasteiger partial charge in [-0.2, -0.15) is 0 Å². The molecule has 1 aromatic heterocycles. The molecule has 2 heteroatoms. The van der Waals surface area contributed by atoms with Gasteiger partial charge in [-0.25, -0.2) is 0 Å². The van der Waals surface area contributed by atoms with Crippen molar-refractivity contribution in [3.63, 3.8) is 0 Å². The normalized spacial score (nSPS) is 11.6. The van der Waals surface area contributed by atoms with Crippen LogP contribution in [0.2, 0.25) is 0 Å². The van der Waals surface area contributed by atoms with E-state index in [0.717, 1.165) is 21.8 Å². The molecule has 0 aliphatic rings. The van der Waals surface area contributed by atoms with Gasteiger partial charge in [-0.1, -0.05) is 121 Å². The zero-order valence-corrected chi connectivity index (χ0v) is 23.9. The quantitative estimate of drug-likeness (QED) is 0.202. The smallest absolute Gasteiger partial charge is 0.0971 e. The van der Waals surface area contributed by atoms with E-state index >= 15 is 0 Å². The number of hydrogen-bond acceptors (Lipinski definition) is 2. The first-order valence-corrected chi connectivity index (χ1v) is 15.0. The predicted octanol–water partition coefficient (Wildman–Crippen LogP) is 11.2. The molecule has 0 spiro atoms. The first-order valence-electron chi connectivity index (χ1n) is 15.0. The molecule has 0 unspecified atom stereocenters. The summed E-state index contributed by atoms with van der Waals surface area (Å²) in [7, 11) is 0. The Kier molecular flexibility index (Phi) is 5.54. The summed E-state index contributed by atoms with van der Waals surface area (Å²) >= 11 is 0. The third-order valence-corrected chi connectivity index (χ3v) is 8.92. The summed E-state index contributed by atoms with van der Waals surface area (Å²) in [5.74, 6) is 0. The average molecular weight is 559 g/mol. The summed E-state index contributed by atoms with van der Waals surface area (Å²) in [5, 5.41) is 9.77. The van der Waals surface area contributed by atoms with Crippen molar-refractivity contribution in [3.8, 4) is 33.4 Å². The summed E-state index contributed by atoms with van der Waals surface area (Å²) in [6.45, 7) is 0. The van der Waals surface area contributed by atoms with Gasteiger partial charge < -0.3 is 0 Å². The highest BCUT2D eigenvalue weighted by molar-refractivity contribution is 6.23. The topological polar surface area (TPSA) is 25.8 Å². The lowest BCUT2D eigenvalue weighted by Gasteiger charge is -2.13. The third-order valence-electron chi connectivity index (χ3n) is 8.92. The molecule has 8 aromatic carbocycles. The lowest BCUT2D eigenvalue weighted by Crippen LogP contribution is -1.89. The molecular weight excluding hydrogens is 532 g/mol. The molecule has 204 valence electrons. The van der Waals surface area contributed by atoms with E-state index in [0.29, 0.717) is 0 Å². The van der Waals surface area contributed by atoms with Gasteiger partial charge in [0, 0.05) is 23.2 Å². The van der Waals surface area contributed by atoms with E-state index in [1.165, 1.54) is 65.7 Å². The van der Waals surface area contributed by atoms with E-state index in [1.54, 1.807) is 12.4 Å². The summed E-state index contributed by atoms with van der Waals surface area (Å²) in [6, 6.07) is 52.8. The van der Waals surface area contributed by atoms with Gasteiger partial charge in [-0.15, -0.1) is 0 Å². The molecule has 44 heavy (non-hydrogen) atoms. The van der Waals surface area contributed by atoms with Gasteiger partial charge in [0.1, 0.15) is 0 Å². The Hall–Kier alpha value is -5.86. The summed E-state index contributed by atoms with van der Waals surface area (Å²) in [6.07, 6.45) is 3.56. The molecule has 0 aliphatic heterocycles. The first kappa shape index (κ1) is 24.7. The van der Waals surface area contributed by atoms with E-state index in [9.17, 15) is 0 Å². The summed E-state index contributed by atoms with van der Waals surface area (Å²) in [5.41, 5.74) is 9.15. The number of nitrogens with zero attached hydrogens (tertiary/aromatic N) is 2. The van der Waals surface area contributed by atoms with Crippen molar-refractivity contribution < 1.29 is 0 Å². The molecule has 0 atom stereocenters. The third kappa shape index (κ3) is 3.89. The van der Waals surface area contributed by atoms with Gasteiger partial charge in [0.05, 0.1) is 11.0 Å². The van der Waals surface area contributed by atoms with Crippen LogP contribution in [0.3, 0.4) is 0 Å². The van der Waals surface area contributed by atoms with E-state index < -0.39 is 0 Å². The molecule has 0 N–H and O–H groups in total. The lowest BCUT2D eigenvalue weighted by atomic mass is 9.91. The van der Waals surface area contributed by atoms with Crippen LogP contribution in [0.25, 0.3) is 87.5 Å². The predicted molar refractivity (Wildman–Crippen MR) is 186 cm³/mol. The highest BCUT2D eigenvalue weighted by Gasteiger charge is 2.13. The van der Waals surface area contributed by atoms with Gasteiger partial charge in [-0.05, 0) is 90.0 Å². The fraction of sp³-hybridized carbons (Fsp3) is 0. The Morgan fingerprint density at radius 1 is 0.295 bits per heavy atom. The lowest BCUT2D eigenvalue weighted by molar-refractivity contribution is 1.31.